The molecular formula is C18H15ClN4O2. The maximum Gasteiger partial charge on any atom is 0.275 e. The number of methoxy groups -OCH3 is 1. The van der Waals surface area contributed by atoms with Crippen molar-refractivity contribution in [3.8, 4) is 5.75 Å². The summed E-state index contributed by atoms with van der Waals surface area (Å²) < 4.78 is 5.21. The first kappa shape index (κ1) is 16.7. The number of ether oxygens (including phenoxy) is 1. The topological polar surface area (TPSA) is 76.1 Å². The van der Waals surface area contributed by atoms with Crippen LogP contribution in [0.25, 0.3) is 0 Å². The van der Waals surface area contributed by atoms with Gasteiger partial charge in [0.05, 0.1) is 25.2 Å². The second-order valence-electron chi connectivity index (χ2n) is 5.07. The summed E-state index contributed by atoms with van der Waals surface area (Å²) >= 11 is 5.85. The zero-order chi connectivity index (χ0) is 17.6. The summed E-state index contributed by atoms with van der Waals surface area (Å²) in [6.07, 6.45) is 2.90. The highest BCUT2D eigenvalue weighted by Gasteiger charge is 2.11. The van der Waals surface area contributed by atoms with Crippen LogP contribution in [0.4, 0.5) is 17.2 Å². The van der Waals surface area contributed by atoms with Gasteiger partial charge in [-0.15, -0.1) is 0 Å². The summed E-state index contributed by atoms with van der Waals surface area (Å²) in [6, 6.07) is 14.3. The molecule has 0 radical (unpaired) electrons. The number of halogens is 1. The summed E-state index contributed by atoms with van der Waals surface area (Å²) in [5, 5.41) is 6.49. The molecule has 1 heterocycles. The van der Waals surface area contributed by atoms with Gasteiger partial charge in [-0.1, -0.05) is 23.7 Å². The lowest BCUT2D eigenvalue weighted by atomic mass is 10.3. The van der Waals surface area contributed by atoms with Gasteiger partial charge in [0.25, 0.3) is 5.91 Å². The van der Waals surface area contributed by atoms with Gasteiger partial charge in [0.15, 0.2) is 0 Å². The Hall–Kier alpha value is -3.12. The van der Waals surface area contributed by atoms with Gasteiger partial charge in [0.2, 0.25) is 0 Å². The molecule has 0 aliphatic rings. The summed E-state index contributed by atoms with van der Waals surface area (Å²) in [6.45, 7) is 0. The van der Waals surface area contributed by atoms with Crippen molar-refractivity contribution in [2.75, 3.05) is 17.7 Å². The molecule has 0 fully saturated rings. The fourth-order valence-corrected chi connectivity index (χ4v) is 2.25. The summed E-state index contributed by atoms with van der Waals surface area (Å²) in [5.74, 6) is 0.732. The standard InChI is InChI=1S/C18H15ClN4O2/c1-25-16-5-3-2-4-14(16)23-18(24)15-10-21-17(11-20-15)22-13-8-6-12(19)7-9-13/h2-11H,1H3,(H,21,22)(H,23,24). The molecule has 0 bridgehead atoms. The summed E-state index contributed by atoms with van der Waals surface area (Å²) in [5.41, 5.74) is 1.60. The number of carbonyl (C=O) groups excluding carboxylic acids is 1. The number of anilines is 3. The van der Waals surface area contributed by atoms with Crippen molar-refractivity contribution in [1.29, 1.82) is 0 Å². The smallest absolute Gasteiger partial charge is 0.275 e. The molecule has 0 spiro atoms. The molecule has 2 aromatic carbocycles. The van der Waals surface area contributed by atoms with E-state index in [9.17, 15) is 4.79 Å². The van der Waals surface area contributed by atoms with E-state index in [1.165, 1.54) is 12.4 Å². The van der Waals surface area contributed by atoms with Crippen molar-refractivity contribution in [2.24, 2.45) is 0 Å². The van der Waals surface area contributed by atoms with Gasteiger partial charge in [-0.3, -0.25) is 4.79 Å². The van der Waals surface area contributed by atoms with Gasteiger partial charge in [-0.05, 0) is 36.4 Å². The number of rotatable bonds is 5. The Balaban J connectivity index is 1.69. The molecule has 3 aromatic rings. The lowest BCUT2D eigenvalue weighted by molar-refractivity contribution is 0.102. The number of aromatic nitrogens is 2. The largest absolute Gasteiger partial charge is 0.495 e. The third-order valence-corrected chi connectivity index (χ3v) is 3.61. The highest BCUT2D eigenvalue weighted by atomic mass is 35.5. The van der Waals surface area contributed by atoms with Gasteiger partial charge < -0.3 is 15.4 Å². The Kier molecular flexibility index (Phi) is 5.11. The summed E-state index contributed by atoms with van der Waals surface area (Å²) in [7, 11) is 1.54. The van der Waals surface area contributed by atoms with E-state index in [0.29, 0.717) is 22.3 Å². The Bertz CT molecular complexity index is 867. The summed E-state index contributed by atoms with van der Waals surface area (Å²) in [4.78, 5) is 20.6. The van der Waals surface area contributed by atoms with E-state index in [1.54, 1.807) is 31.4 Å². The molecule has 1 aromatic heterocycles. The molecule has 0 saturated carbocycles. The van der Waals surface area contributed by atoms with Gasteiger partial charge in [0.1, 0.15) is 17.3 Å². The quantitative estimate of drug-likeness (QED) is 0.720. The molecular weight excluding hydrogens is 340 g/mol. The van der Waals surface area contributed by atoms with Crippen LogP contribution in [0.15, 0.2) is 60.9 Å². The number of nitrogens with one attached hydrogen (secondary N) is 2. The molecule has 0 atom stereocenters. The molecule has 0 unspecified atom stereocenters. The van der Waals surface area contributed by atoms with Crippen LogP contribution in [-0.2, 0) is 0 Å². The molecule has 2 N–H and O–H groups in total. The van der Waals surface area contributed by atoms with Crippen LogP contribution in [0.5, 0.6) is 5.75 Å². The van der Waals surface area contributed by atoms with Crippen molar-refractivity contribution in [3.63, 3.8) is 0 Å². The van der Waals surface area contributed by atoms with Gasteiger partial charge in [-0.2, -0.15) is 0 Å². The third kappa shape index (κ3) is 4.24. The number of carbonyl (C=O) groups is 1. The molecule has 126 valence electrons. The van der Waals surface area contributed by atoms with Crippen molar-refractivity contribution in [3.05, 3.63) is 71.6 Å². The van der Waals surface area contributed by atoms with Crippen LogP contribution >= 0.6 is 11.6 Å². The minimum Gasteiger partial charge on any atom is -0.495 e. The minimum absolute atomic E-state index is 0.201. The Morgan fingerprint density at radius 1 is 1.04 bits per heavy atom. The number of nitrogens with zero attached hydrogens (tertiary/aromatic N) is 2. The number of amides is 1. The lowest BCUT2D eigenvalue weighted by Gasteiger charge is -2.09. The van der Waals surface area contributed by atoms with Crippen molar-refractivity contribution in [1.82, 2.24) is 9.97 Å². The predicted octanol–water partition coefficient (Wildman–Crippen LogP) is 4.13. The first-order valence-electron chi connectivity index (χ1n) is 7.45. The first-order chi connectivity index (χ1) is 12.2. The predicted molar refractivity (Wildman–Crippen MR) is 97.7 cm³/mol. The van der Waals surface area contributed by atoms with Crippen LogP contribution in [0.2, 0.25) is 5.02 Å². The number of benzene rings is 2. The van der Waals surface area contributed by atoms with Crippen LogP contribution < -0.4 is 15.4 Å². The molecule has 7 heteroatoms. The minimum atomic E-state index is -0.366. The Labute approximate surface area is 149 Å². The normalized spacial score (nSPS) is 10.2. The van der Waals surface area contributed by atoms with E-state index < -0.39 is 0 Å². The monoisotopic (exact) mass is 354 g/mol. The third-order valence-electron chi connectivity index (χ3n) is 3.36. The molecule has 6 nitrogen and oxygen atoms in total. The van der Waals surface area contributed by atoms with Crippen LogP contribution in [0.1, 0.15) is 10.5 Å². The first-order valence-corrected chi connectivity index (χ1v) is 7.82. The van der Waals surface area contributed by atoms with E-state index in [1.807, 2.05) is 24.3 Å². The molecule has 3 rings (SSSR count). The highest BCUT2D eigenvalue weighted by molar-refractivity contribution is 6.30. The molecule has 1 amide bonds. The maximum atomic E-state index is 12.3. The maximum absolute atomic E-state index is 12.3. The number of hydrogen-bond donors (Lipinski definition) is 2. The van der Waals surface area contributed by atoms with Crippen molar-refractivity contribution >= 4 is 34.7 Å². The number of para-hydroxylation sites is 2. The van der Waals surface area contributed by atoms with Crippen LogP contribution in [0.3, 0.4) is 0 Å². The van der Waals surface area contributed by atoms with E-state index in [2.05, 4.69) is 20.6 Å². The fraction of sp³-hybridized carbons (Fsp3) is 0.0556. The van der Waals surface area contributed by atoms with Crippen molar-refractivity contribution < 1.29 is 9.53 Å². The second-order valence-corrected chi connectivity index (χ2v) is 5.51. The molecule has 25 heavy (non-hydrogen) atoms. The molecule has 0 aliphatic carbocycles. The molecule has 0 aliphatic heterocycles. The Morgan fingerprint density at radius 3 is 2.48 bits per heavy atom. The Morgan fingerprint density at radius 2 is 1.80 bits per heavy atom. The molecule has 0 saturated heterocycles. The zero-order valence-corrected chi connectivity index (χ0v) is 14.1. The zero-order valence-electron chi connectivity index (χ0n) is 13.4. The van der Waals surface area contributed by atoms with E-state index >= 15 is 0 Å². The van der Waals surface area contributed by atoms with E-state index in [0.717, 1.165) is 5.69 Å². The fourth-order valence-electron chi connectivity index (χ4n) is 2.13. The second kappa shape index (κ2) is 7.63. The average Bonchev–Trinajstić information content (AvgIpc) is 2.64. The lowest BCUT2D eigenvalue weighted by Crippen LogP contribution is -2.14. The number of hydrogen-bond acceptors (Lipinski definition) is 5. The average molecular weight is 355 g/mol. The van der Waals surface area contributed by atoms with Crippen molar-refractivity contribution in [2.45, 2.75) is 0 Å². The SMILES string of the molecule is COc1ccccc1NC(=O)c1cnc(Nc2ccc(Cl)cc2)cn1. The van der Waals surface area contributed by atoms with E-state index in [4.69, 9.17) is 16.3 Å². The van der Waals surface area contributed by atoms with Gasteiger partial charge in [-0.25, -0.2) is 9.97 Å². The van der Waals surface area contributed by atoms with Gasteiger partial charge in [0, 0.05) is 10.7 Å². The van der Waals surface area contributed by atoms with Crippen LogP contribution in [-0.4, -0.2) is 23.0 Å². The highest BCUT2D eigenvalue weighted by Crippen LogP contribution is 2.23. The van der Waals surface area contributed by atoms with E-state index in [-0.39, 0.29) is 11.6 Å². The van der Waals surface area contributed by atoms with Gasteiger partial charge >= 0.3 is 0 Å². The van der Waals surface area contributed by atoms with Crippen LogP contribution in [0, 0.1) is 0 Å².